The van der Waals surface area contributed by atoms with E-state index in [1.165, 1.54) is 18.2 Å². The van der Waals surface area contributed by atoms with Crippen molar-refractivity contribution in [3.63, 3.8) is 0 Å². The van der Waals surface area contributed by atoms with E-state index < -0.39 is 11.4 Å². The molecular weight excluding hydrogens is 375 g/mol. The second-order valence-corrected chi connectivity index (χ2v) is 6.04. The minimum absolute atomic E-state index is 0.206. The SMILES string of the molecule is O=C(Cn1nc(-c2ccccc2F)ccc1=O)c1ccc(Br)cc1. The van der Waals surface area contributed by atoms with Gasteiger partial charge in [0.2, 0.25) is 0 Å². The van der Waals surface area contributed by atoms with Crippen molar-refractivity contribution in [2.45, 2.75) is 6.54 Å². The molecule has 0 aliphatic rings. The van der Waals surface area contributed by atoms with Crippen LogP contribution in [0.15, 0.2) is 69.9 Å². The summed E-state index contributed by atoms with van der Waals surface area (Å²) < 4.78 is 15.8. The molecule has 0 fully saturated rings. The maximum Gasteiger partial charge on any atom is 0.267 e. The molecule has 0 bridgehead atoms. The number of ketones is 1. The summed E-state index contributed by atoms with van der Waals surface area (Å²) >= 11 is 3.30. The van der Waals surface area contributed by atoms with Gasteiger partial charge in [0.15, 0.2) is 5.78 Å². The fourth-order valence-electron chi connectivity index (χ4n) is 2.24. The predicted octanol–water partition coefficient (Wildman–Crippen LogP) is 3.69. The molecule has 0 aliphatic carbocycles. The number of nitrogens with zero attached hydrogens (tertiary/aromatic N) is 2. The Morgan fingerprint density at radius 2 is 1.75 bits per heavy atom. The van der Waals surface area contributed by atoms with Gasteiger partial charge in [0.05, 0.1) is 5.69 Å². The van der Waals surface area contributed by atoms with E-state index in [1.54, 1.807) is 42.5 Å². The van der Waals surface area contributed by atoms with Crippen molar-refractivity contribution >= 4 is 21.7 Å². The highest BCUT2D eigenvalue weighted by atomic mass is 79.9. The number of benzene rings is 2. The third kappa shape index (κ3) is 3.49. The third-order valence-corrected chi connectivity index (χ3v) is 4.00. The molecule has 6 heteroatoms. The average molecular weight is 387 g/mol. The maximum absolute atomic E-state index is 13.9. The topological polar surface area (TPSA) is 52.0 Å². The van der Waals surface area contributed by atoms with E-state index in [9.17, 15) is 14.0 Å². The van der Waals surface area contributed by atoms with Crippen LogP contribution in [0.3, 0.4) is 0 Å². The van der Waals surface area contributed by atoms with Crippen molar-refractivity contribution in [1.29, 1.82) is 0 Å². The minimum Gasteiger partial charge on any atom is -0.292 e. The fourth-order valence-corrected chi connectivity index (χ4v) is 2.50. The molecule has 0 amide bonds. The summed E-state index contributed by atoms with van der Waals surface area (Å²) in [5.41, 5.74) is 0.641. The van der Waals surface area contributed by atoms with Gasteiger partial charge in [0, 0.05) is 21.7 Å². The Kier molecular flexibility index (Phi) is 4.66. The summed E-state index contributed by atoms with van der Waals surface area (Å²) in [6.07, 6.45) is 0. The van der Waals surface area contributed by atoms with Crippen LogP contribution in [0.25, 0.3) is 11.3 Å². The zero-order valence-corrected chi connectivity index (χ0v) is 14.0. The predicted molar refractivity (Wildman–Crippen MR) is 92.4 cm³/mol. The Hall–Kier alpha value is -2.60. The van der Waals surface area contributed by atoms with Crippen LogP contribution >= 0.6 is 15.9 Å². The van der Waals surface area contributed by atoms with Crippen LogP contribution < -0.4 is 5.56 Å². The molecular formula is C18H12BrFN2O2. The van der Waals surface area contributed by atoms with Crippen molar-refractivity contribution < 1.29 is 9.18 Å². The Morgan fingerprint density at radius 1 is 1.04 bits per heavy atom. The van der Waals surface area contributed by atoms with Crippen LogP contribution in [-0.4, -0.2) is 15.6 Å². The van der Waals surface area contributed by atoms with Crippen molar-refractivity contribution in [3.8, 4) is 11.3 Å². The van der Waals surface area contributed by atoms with Crippen LogP contribution in [0, 0.1) is 5.82 Å². The van der Waals surface area contributed by atoms with Gasteiger partial charge in [-0.05, 0) is 30.3 Å². The van der Waals surface area contributed by atoms with E-state index >= 15 is 0 Å². The fraction of sp³-hybridized carbons (Fsp3) is 0.0556. The maximum atomic E-state index is 13.9. The number of hydrogen-bond donors (Lipinski definition) is 0. The first-order chi connectivity index (χ1) is 11.5. The number of halogens is 2. The molecule has 24 heavy (non-hydrogen) atoms. The van der Waals surface area contributed by atoms with Gasteiger partial charge in [-0.3, -0.25) is 9.59 Å². The monoisotopic (exact) mass is 386 g/mol. The summed E-state index contributed by atoms with van der Waals surface area (Å²) in [4.78, 5) is 24.3. The van der Waals surface area contributed by atoms with Gasteiger partial charge >= 0.3 is 0 Å². The van der Waals surface area contributed by atoms with E-state index in [4.69, 9.17) is 0 Å². The Bertz CT molecular complexity index is 952. The lowest BCUT2D eigenvalue weighted by Gasteiger charge is -2.07. The van der Waals surface area contributed by atoms with E-state index in [-0.39, 0.29) is 17.9 Å². The molecule has 1 heterocycles. The second kappa shape index (κ2) is 6.88. The van der Waals surface area contributed by atoms with E-state index in [2.05, 4.69) is 21.0 Å². The standard InChI is InChI=1S/C18H12BrFN2O2/c19-13-7-5-12(6-8-13)17(23)11-22-18(24)10-9-16(21-22)14-3-1-2-4-15(14)20/h1-10H,11H2. The molecule has 1 aromatic heterocycles. The third-order valence-electron chi connectivity index (χ3n) is 3.48. The van der Waals surface area contributed by atoms with Crippen LogP contribution in [0.4, 0.5) is 4.39 Å². The normalized spacial score (nSPS) is 10.6. The van der Waals surface area contributed by atoms with Gasteiger partial charge in [-0.2, -0.15) is 5.10 Å². The zero-order chi connectivity index (χ0) is 17.1. The quantitative estimate of drug-likeness (QED) is 0.642. The van der Waals surface area contributed by atoms with Gasteiger partial charge in [-0.1, -0.05) is 40.2 Å². The van der Waals surface area contributed by atoms with E-state index in [1.807, 2.05) is 0 Å². The number of aromatic nitrogens is 2. The van der Waals surface area contributed by atoms with E-state index in [0.717, 1.165) is 9.15 Å². The molecule has 0 saturated heterocycles. The summed E-state index contributed by atoms with van der Waals surface area (Å²) in [6.45, 7) is -0.206. The Labute approximate surface area is 145 Å². The van der Waals surface area contributed by atoms with Crippen LogP contribution in [-0.2, 0) is 6.54 Å². The van der Waals surface area contributed by atoms with E-state index in [0.29, 0.717) is 11.3 Å². The molecule has 3 rings (SSSR count). The lowest BCUT2D eigenvalue weighted by atomic mass is 10.1. The molecule has 0 spiro atoms. The highest BCUT2D eigenvalue weighted by Gasteiger charge is 2.11. The first kappa shape index (κ1) is 16.3. The lowest BCUT2D eigenvalue weighted by molar-refractivity contribution is 0.0966. The smallest absolute Gasteiger partial charge is 0.267 e. The summed E-state index contributed by atoms with van der Waals surface area (Å²) in [5, 5.41) is 4.12. The first-order valence-electron chi connectivity index (χ1n) is 7.16. The van der Waals surface area contributed by atoms with Crippen LogP contribution in [0.5, 0.6) is 0 Å². The number of hydrogen-bond acceptors (Lipinski definition) is 3. The summed E-state index contributed by atoms with van der Waals surface area (Å²) in [7, 11) is 0. The van der Waals surface area contributed by atoms with Crippen LogP contribution in [0.2, 0.25) is 0 Å². The van der Waals surface area contributed by atoms with Crippen molar-refractivity contribution in [2.24, 2.45) is 0 Å². The molecule has 0 N–H and O–H groups in total. The van der Waals surface area contributed by atoms with Gasteiger partial charge in [-0.25, -0.2) is 9.07 Å². The Balaban J connectivity index is 1.92. The number of carbonyl (C=O) groups is 1. The van der Waals surface area contributed by atoms with Crippen molar-refractivity contribution in [3.05, 3.63) is 86.9 Å². The molecule has 120 valence electrons. The number of rotatable bonds is 4. The highest BCUT2D eigenvalue weighted by molar-refractivity contribution is 9.10. The van der Waals surface area contributed by atoms with Gasteiger partial charge in [0.25, 0.3) is 5.56 Å². The summed E-state index contributed by atoms with van der Waals surface area (Å²) in [5.74, 6) is -0.683. The molecule has 0 atom stereocenters. The molecule has 0 saturated carbocycles. The average Bonchev–Trinajstić information content (AvgIpc) is 2.58. The largest absolute Gasteiger partial charge is 0.292 e. The minimum atomic E-state index is -0.436. The second-order valence-electron chi connectivity index (χ2n) is 5.12. The zero-order valence-electron chi connectivity index (χ0n) is 12.4. The number of carbonyl (C=O) groups excluding carboxylic acids is 1. The Morgan fingerprint density at radius 3 is 2.46 bits per heavy atom. The van der Waals surface area contributed by atoms with Gasteiger partial charge in [0.1, 0.15) is 12.4 Å². The van der Waals surface area contributed by atoms with Crippen molar-refractivity contribution in [2.75, 3.05) is 0 Å². The molecule has 0 radical (unpaired) electrons. The highest BCUT2D eigenvalue weighted by Crippen LogP contribution is 2.19. The molecule has 4 nitrogen and oxygen atoms in total. The van der Waals surface area contributed by atoms with Crippen molar-refractivity contribution in [1.82, 2.24) is 9.78 Å². The molecule has 3 aromatic rings. The molecule has 0 unspecified atom stereocenters. The molecule has 0 aliphatic heterocycles. The number of Topliss-reactive ketones (excluding diaryl/α,β-unsaturated/α-hetero) is 1. The van der Waals surface area contributed by atoms with Crippen LogP contribution in [0.1, 0.15) is 10.4 Å². The van der Waals surface area contributed by atoms with Gasteiger partial charge < -0.3 is 0 Å². The molecule has 2 aromatic carbocycles. The lowest BCUT2D eigenvalue weighted by Crippen LogP contribution is -2.26. The summed E-state index contributed by atoms with van der Waals surface area (Å²) in [6, 6.07) is 15.7. The first-order valence-corrected chi connectivity index (χ1v) is 7.96. The van der Waals surface area contributed by atoms with Gasteiger partial charge in [-0.15, -0.1) is 0 Å².